The molecule has 130 valence electrons. The third-order valence-electron chi connectivity index (χ3n) is 3.39. The highest BCUT2D eigenvalue weighted by Gasteiger charge is 2.23. The monoisotopic (exact) mass is 347 g/mol. The van der Waals surface area contributed by atoms with Gasteiger partial charge in [-0.25, -0.2) is 9.18 Å². The van der Waals surface area contributed by atoms with Crippen molar-refractivity contribution in [2.24, 2.45) is 0 Å². The fraction of sp³-hybridized carbons (Fsp3) is 0.176. The van der Waals surface area contributed by atoms with E-state index in [-0.39, 0.29) is 16.9 Å². The summed E-state index contributed by atoms with van der Waals surface area (Å²) in [7, 11) is 1.27. The van der Waals surface area contributed by atoms with Crippen LogP contribution in [0.1, 0.15) is 27.6 Å². The molecule has 0 bridgehead atoms. The number of benzene rings is 2. The van der Waals surface area contributed by atoms with E-state index in [0.717, 1.165) is 18.2 Å². The molecule has 0 amide bonds. The summed E-state index contributed by atoms with van der Waals surface area (Å²) in [5.74, 6) is -1.91. The van der Waals surface area contributed by atoms with Gasteiger partial charge in [0.05, 0.1) is 17.6 Å². The second-order valence-corrected chi connectivity index (χ2v) is 5.06. The average molecular weight is 347 g/mol. The average Bonchev–Trinajstić information content (AvgIpc) is 2.60. The molecule has 0 aliphatic rings. The number of ether oxygens (including phenoxy) is 2. The van der Waals surface area contributed by atoms with Gasteiger partial charge in [-0.2, -0.15) is 0 Å². The number of rotatable bonds is 6. The number of carbonyl (C=O) groups is 2. The summed E-state index contributed by atoms with van der Waals surface area (Å²) in [4.78, 5) is 34.6. The van der Waals surface area contributed by atoms with E-state index in [4.69, 9.17) is 9.47 Å². The number of nitro benzene ring substituents is 1. The number of hydrogen-bond acceptors (Lipinski definition) is 6. The SMILES string of the molecule is COc1ccc(C(=O)O[C@H](C)C(=O)c2ccc(F)cc2)cc1[N+](=O)[O-]. The Labute approximate surface area is 142 Å². The standard InChI is InChI=1S/C17H14FNO6/c1-10(16(20)11-3-6-13(18)7-4-11)25-17(21)12-5-8-15(24-2)14(9-12)19(22)23/h3-10H,1-2H3/t10-/m1/s1. The Balaban J connectivity index is 2.15. The Kier molecular flexibility index (Phi) is 5.43. The molecule has 0 aromatic heterocycles. The van der Waals surface area contributed by atoms with E-state index in [1.807, 2.05) is 0 Å². The predicted molar refractivity (Wildman–Crippen MR) is 85.3 cm³/mol. The smallest absolute Gasteiger partial charge is 0.339 e. The second kappa shape index (κ2) is 7.52. The van der Waals surface area contributed by atoms with E-state index < -0.39 is 34.3 Å². The first-order chi connectivity index (χ1) is 11.8. The van der Waals surface area contributed by atoms with Gasteiger partial charge in [0.2, 0.25) is 5.78 Å². The van der Waals surface area contributed by atoms with Crippen molar-refractivity contribution < 1.29 is 28.4 Å². The van der Waals surface area contributed by atoms with Crippen molar-refractivity contribution in [1.82, 2.24) is 0 Å². The Morgan fingerprint density at radius 2 is 1.72 bits per heavy atom. The molecule has 1 atom stereocenters. The molecule has 0 unspecified atom stereocenters. The molecule has 2 rings (SSSR count). The Morgan fingerprint density at radius 1 is 1.12 bits per heavy atom. The quantitative estimate of drug-likeness (QED) is 0.345. The van der Waals surface area contributed by atoms with Crippen molar-refractivity contribution in [2.45, 2.75) is 13.0 Å². The van der Waals surface area contributed by atoms with E-state index in [9.17, 15) is 24.1 Å². The van der Waals surface area contributed by atoms with Crippen LogP contribution in [-0.4, -0.2) is 29.9 Å². The van der Waals surface area contributed by atoms with Gasteiger partial charge in [-0.3, -0.25) is 14.9 Å². The number of nitrogens with zero attached hydrogens (tertiary/aromatic N) is 1. The van der Waals surface area contributed by atoms with Crippen LogP contribution in [0.2, 0.25) is 0 Å². The number of Topliss-reactive ketones (excluding diaryl/α,β-unsaturated/α-hetero) is 1. The minimum absolute atomic E-state index is 0.00279. The molecule has 25 heavy (non-hydrogen) atoms. The molecule has 0 aliphatic heterocycles. The lowest BCUT2D eigenvalue weighted by atomic mass is 10.1. The first kappa shape index (κ1) is 18.1. The third-order valence-corrected chi connectivity index (χ3v) is 3.39. The fourth-order valence-electron chi connectivity index (χ4n) is 2.09. The van der Waals surface area contributed by atoms with Gasteiger partial charge in [-0.1, -0.05) is 0 Å². The molecule has 0 heterocycles. The zero-order chi connectivity index (χ0) is 18.6. The first-order valence-corrected chi connectivity index (χ1v) is 7.16. The van der Waals surface area contributed by atoms with Crippen molar-refractivity contribution >= 4 is 17.4 Å². The van der Waals surface area contributed by atoms with Crippen LogP contribution in [-0.2, 0) is 4.74 Å². The summed E-state index contributed by atoms with van der Waals surface area (Å²) < 4.78 is 22.8. The number of halogens is 1. The van der Waals surface area contributed by atoms with Gasteiger partial charge in [0.25, 0.3) is 0 Å². The molecular weight excluding hydrogens is 333 g/mol. The highest BCUT2D eigenvalue weighted by Crippen LogP contribution is 2.28. The van der Waals surface area contributed by atoms with Gasteiger partial charge in [-0.15, -0.1) is 0 Å². The van der Waals surface area contributed by atoms with Crippen molar-refractivity contribution in [3.63, 3.8) is 0 Å². The van der Waals surface area contributed by atoms with Crippen LogP contribution in [0, 0.1) is 15.9 Å². The topological polar surface area (TPSA) is 95.7 Å². The van der Waals surface area contributed by atoms with E-state index >= 15 is 0 Å². The van der Waals surface area contributed by atoms with Crippen LogP contribution in [0.4, 0.5) is 10.1 Å². The Bertz CT molecular complexity index is 818. The van der Waals surface area contributed by atoms with Crippen LogP contribution < -0.4 is 4.74 Å². The number of hydrogen-bond donors (Lipinski definition) is 0. The summed E-state index contributed by atoms with van der Waals surface area (Å²) in [6, 6.07) is 8.37. The van der Waals surface area contributed by atoms with Gasteiger partial charge < -0.3 is 9.47 Å². The third kappa shape index (κ3) is 4.17. The number of nitro groups is 1. The normalized spacial score (nSPS) is 11.5. The minimum Gasteiger partial charge on any atom is -0.490 e. The van der Waals surface area contributed by atoms with Crippen LogP contribution in [0.15, 0.2) is 42.5 Å². The lowest BCUT2D eigenvalue weighted by molar-refractivity contribution is -0.385. The molecule has 0 saturated heterocycles. The van der Waals surface area contributed by atoms with Crippen molar-refractivity contribution in [3.05, 3.63) is 69.5 Å². The number of carbonyl (C=O) groups excluding carboxylic acids is 2. The van der Waals surface area contributed by atoms with Crippen molar-refractivity contribution in [3.8, 4) is 5.75 Å². The molecule has 2 aromatic rings. The summed E-state index contributed by atoms with van der Waals surface area (Å²) in [6.45, 7) is 1.36. The molecule has 0 spiro atoms. The number of methoxy groups -OCH3 is 1. The summed E-state index contributed by atoms with van der Waals surface area (Å²) in [5, 5.41) is 11.0. The van der Waals surface area contributed by atoms with Crippen molar-refractivity contribution in [1.29, 1.82) is 0 Å². The molecule has 7 nitrogen and oxygen atoms in total. The van der Waals surface area contributed by atoms with E-state index in [2.05, 4.69) is 0 Å². The van der Waals surface area contributed by atoms with E-state index in [1.54, 1.807) is 0 Å². The molecule has 8 heteroatoms. The second-order valence-electron chi connectivity index (χ2n) is 5.06. The van der Waals surface area contributed by atoms with E-state index in [1.165, 1.54) is 38.3 Å². The number of esters is 1. The maximum absolute atomic E-state index is 12.9. The molecular formula is C17H14FNO6. The zero-order valence-corrected chi connectivity index (χ0v) is 13.4. The van der Waals surface area contributed by atoms with Gasteiger partial charge >= 0.3 is 11.7 Å². The molecule has 0 aliphatic carbocycles. The summed E-state index contributed by atoms with van der Waals surface area (Å²) in [5.41, 5.74) is -0.303. The maximum Gasteiger partial charge on any atom is 0.339 e. The van der Waals surface area contributed by atoms with Crippen molar-refractivity contribution in [2.75, 3.05) is 7.11 Å². The Morgan fingerprint density at radius 3 is 2.28 bits per heavy atom. The molecule has 0 fully saturated rings. The van der Waals surface area contributed by atoms with E-state index in [0.29, 0.717) is 0 Å². The summed E-state index contributed by atoms with van der Waals surface area (Å²) in [6.07, 6.45) is -1.14. The lowest BCUT2D eigenvalue weighted by Crippen LogP contribution is -2.24. The van der Waals surface area contributed by atoms with Crippen LogP contribution >= 0.6 is 0 Å². The first-order valence-electron chi connectivity index (χ1n) is 7.16. The molecule has 0 radical (unpaired) electrons. The molecule has 0 saturated carbocycles. The van der Waals surface area contributed by atoms with Crippen LogP contribution in [0.25, 0.3) is 0 Å². The molecule has 0 N–H and O–H groups in total. The van der Waals surface area contributed by atoms with Gasteiger partial charge in [0, 0.05) is 11.6 Å². The fourth-order valence-corrected chi connectivity index (χ4v) is 2.09. The Hall–Kier alpha value is -3.29. The highest BCUT2D eigenvalue weighted by molar-refractivity contribution is 6.01. The lowest BCUT2D eigenvalue weighted by Gasteiger charge is -2.12. The highest BCUT2D eigenvalue weighted by atomic mass is 19.1. The van der Waals surface area contributed by atoms with Gasteiger partial charge in [-0.05, 0) is 43.3 Å². The van der Waals surface area contributed by atoms with Crippen LogP contribution in [0.5, 0.6) is 5.75 Å². The maximum atomic E-state index is 12.9. The zero-order valence-electron chi connectivity index (χ0n) is 13.4. The minimum atomic E-state index is -1.14. The summed E-state index contributed by atoms with van der Waals surface area (Å²) >= 11 is 0. The largest absolute Gasteiger partial charge is 0.490 e. The van der Waals surface area contributed by atoms with Gasteiger partial charge in [0.1, 0.15) is 5.82 Å². The molecule has 2 aromatic carbocycles. The van der Waals surface area contributed by atoms with Crippen LogP contribution in [0.3, 0.4) is 0 Å². The number of ketones is 1. The van der Waals surface area contributed by atoms with Gasteiger partial charge in [0.15, 0.2) is 11.9 Å². The predicted octanol–water partition coefficient (Wildman–Crippen LogP) is 3.17.